The quantitative estimate of drug-likeness (QED) is 0.622. The molecule has 5 nitrogen and oxygen atoms in total. The van der Waals surface area contributed by atoms with Crippen LogP contribution in [0.4, 0.5) is 0 Å². The summed E-state index contributed by atoms with van der Waals surface area (Å²) in [5, 5.41) is 0. The van der Waals surface area contributed by atoms with Gasteiger partial charge in [-0.15, -0.1) is 0 Å². The molecule has 2 aromatic rings. The third kappa shape index (κ3) is 4.25. The maximum Gasteiger partial charge on any atom is 0.360 e. The second-order valence-corrected chi connectivity index (χ2v) is 7.41. The van der Waals surface area contributed by atoms with Crippen LogP contribution >= 0.6 is 0 Å². The summed E-state index contributed by atoms with van der Waals surface area (Å²) in [6.07, 6.45) is 0.445. The number of rotatable bonds is 6. The lowest BCUT2D eigenvalue weighted by atomic mass is 9.95. The number of hydrogen-bond donors (Lipinski definition) is 0. The van der Waals surface area contributed by atoms with Gasteiger partial charge in [0.15, 0.2) is 11.5 Å². The van der Waals surface area contributed by atoms with Crippen LogP contribution < -0.4 is 4.74 Å². The summed E-state index contributed by atoms with van der Waals surface area (Å²) in [5.41, 5.74) is 5.97. The Labute approximate surface area is 178 Å². The van der Waals surface area contributed by atoms with E-state index in [-0.39, 0.29) is 18.4 Å². The van der Waals surface area contributed by atoms with Crippen LogP contribution in [0.1, 0.15) is 48.1 Å². The second-order valence-electron chi connectivity index (χ2n) is 7.41. The average molecular weight is 408 g/mol. The van der Waals surface area contributed by atoms with E-state index in [0.29, 0.717) is 12.2 Å². The molecule has 1 heterocycles. The Bertz CT molecular complexity index is 979. The largest absolute Gasteiger partial charge is 0.497 e. The molecule has 0 fully saturated rings. The SMILES string of the molecule is CCOC(=O)C1=C(c2c(C)cc(C)cc2C)OC(CC)C(c2ccc(OC)cc2)=N1. The van der Waals surface area contributed by atoms with Gasteiger partial charge in [0.05, 0.1) is 19.4 Å². The highest BCUT2D eigenvalue weighted by atomic mass is 16.5. The van der Waals surface area contributed by atoms with Crippen LogP contribution in [0.15, 0.2) is 47.1 Å². The van der Waals surface area contributed by atoms with Crippen LogP contribution in [0.5, 0.6) is 5.75 Å². The molecule has 1 unspecified atom stereocenters. The lowest BCUT2D eigenvalue weighted by Gasteiger charge is -2.29. The van der Waals surface area contributed by atoms with Crippen molar-refractivity contribution in [2.24, 2.45) is 4.99 Å². The third-order valence-corrected chi connectivity index (χ3v) is 5.14. The van der Waals surface area contributed by atoms with Crippen molar-refractivity contribution >= 4 is 17.4 Å². The molecule has 0 aromatic heterocycles. The average Bonchev–Trinajstić information content (AvgIpc) is 2.73. The van der Waals surface area contributed by atoms with Crippen LogP contribution in [0.25, 0.3) is 5.76 Å². The summed E-state index contributed by atoms with van der Waals surface area (Å²) in [6, 6.07) is 11.8. The fourth-order valence-corrected chi connectivity index (χ4v) is 3.84. The molecule has 0 radical (unpaired) electrons. The van der Waals surface area contributed by atoms with Crippen molar-refractivity contribution in [1.29, 1.82) is 0 Å². The molecule has 0 saturated heterocycles. The number of carbonyl (C=O) groups is 1. The van der Waals surface area contributed by atoms with Crippen molar-refractivity contribution < 1.29 is 19.0 Å². The van der Waals surface area contributed by atoms with Gasteiger partial charge >= 0.3 is 5.97 Å². The molecule has 2 aromatic carbocycles. The molecule has 0 bridgehead atoms. The monoisotopic (exact) mass is 407 g/mol. The van der Waals surface area contributed by atoms with Crippen molar-refractivity contribution in [2.75, 3.05) is 13.7 Å². The summed E-state index contributed by atoms with van der Waals surface area (Å²) in [4.78, 5) is 17.7. The first-order chi connectivity index (χ1) is 14.4. The number of aryl methyl sites for hydroxylation is 3. The van der Waals surface area contributed by atoms with E-state index >= 15 is 0 Å². The Morgan fingerprint density at radius 1 is 1.07 bits per heavy atom. The molecular weight excluding hydrogens is 378 g/mol. The number of hydrogen-bond acceptors (Lipinski definition) is 5. The number of methoxy groups -OCH3 is 1. The van der Waals surface area contributed by atoms with E-state index in [1.165, 1.54) is 0 Å². The summed E-state index contributed by atoms with van der Waals surface area (Å²) in [5.74, 6) is 0.775. The van der Waals surface area contributed by atoms with Gasteiger partial charge in [-0.3, -0.25) is 0 Å². The zero-order valence-electron chi connectivity index (χ0n) is 18.5. The lowest BCUT2D eigenvalue weighted by Crippen LogP contribution is -2.30. The molecule has 30 heavy (non-hydrogen) atoms. The smallest absolute Gasteiger partial charge is 0.360 e. The van der Waals surface area contributed by atoms with Crippen LogP contribution in [0, 0.1) is 20.8 Å². The molecule has 158 valence electrons. The first-order valence-electron chi connectivity index (χ1n) is 10.3. The molecule has 3 rings (SSSR count). The first-order valence-corrected chi connectivity index (χ1v) is 10.3. The number of carbonyl (C=O) groups excluding carboxylic acids is 1. The van der Waals surface area contributed by atoms with Crippen molar-refractivity contribution in [2.45, 2.75) is 47.1 Å². The van der Waals surface area contributed by atoms with Crippen molar-refractivity contribution in [3.05, 3.63) is 69.9 Å². The van der Waals surface area contributed by atoms with Crippen LogP contribution in [0.2, 0.25) is 0 Å². The van der Waals surface area contributed by atoms with Gasteiger partial charge in [0.1, 0.15) is 11.9 Å². The highest BCUT2D eigenvalue weighted by Crippen LogP contribution is 2.35. The summed E-state index contributed by atoms with van der Waals surface area (Å²) in [6.45, 7) is 10.2. The van der Waals surface area contributed by atoms with Gasteiger partial charge in [-0.05, 0) is 69.5 Å². The van der Waals surface area contributed by atoms with Gasteiger partial charge in [-0.1, -0.05) is 24.6 Å². The van der Waals surface area contributed by atoms with E-state index in [9.17, 15) is 4.79 Å². The molecular formula is C25H29NO4. The highest BCUT2D eigenvalue weighted by molar-refractivity contribution is 6.10. The van der Waals surface area contributed by atoms with Gasteiger partial charge in [0.25, 0.3) is 0 Å². The minimum Gasteiger partial charge on any atom is -0.497 e. The standard InChI is InChI=1S/C25H29NO4/c1-7-20-22(18-9-11-19(28-6)12-10-18)26-23(25(27)29-8-2)24(30-20)21-16(4)13-15(3)14-17(21)5/h9-14,20H,7-8H2,1-6H3. The Balaban J connectivity index is 2.21. The maximum atomic E-state index is 12.9. The normalized spacial score (nSPS) is 16.1. The Hall–Kier alpha value is -3.08. The van der Waals surface area contributed by atoms with Gasteiger partial charge in [-0.25, -0.2) is 9.79 Å². The van der Waals surface area contributed by atoms with E-state index < -0.39 is 5.97 Å². The van der Waals surface area contributed by atoms with Crippen molar-refractivity contribution in [1.82, 2.24) is 0 Å². The number of nitrogens with zero attached hydrogens (tertiary/aromatic N) is 1. The molecule has 1 aliphatic heterocycles. The van der Waals surface area contributed by atoms with E-state index in [4.69, 9.17) is 19.2 Å². The van der Waals surface area contributed by atoms with Crippen LogP contribution in [-0.2, 0) is 14.3 Å². The van der Waals surface area contributed by atoms with Gasteiger partial charge < -0.3 is 14.2 Å². The predicted molar refractivity (Wildman–Crippen MR) is 119 cm³/mol. The Morgan fingerprint density at radius 3 is 2.23 bits per heavy atom. The molecule has 5 heteroatoms. The van der Waals surface area contributed by atoms with Crippen LogP contribution in [0.3, 0.4) is 0 Å². The first kappa shape index (κ1) is 21.6. The van der Waals surface area contributed by atoms with E-state index in [1.54, 1.807) is 14.0 Å². The van der Waals surface area contributed by atoms with Crippen molar-refractivity contribution in [3.8, 4) is 5.75 Å². The minimum absolute atomic E-state index is 0.211. The predicted octanol–water partition coefficient (Wildman–Crippen LogP) is 5.15. The fraction of sp³-hybridized carbons (Fsp3) is 0.360. The second kappa shape index (κ2) is 9.16. The van der Waals surface area contributed by atoms with E-state index in [2.05, 4.69) is 19.1 Å². The summed E-state index contributed by atoms with van der Waals surface area (Å²) >= 11 is 0. The number of benzene rings is 2. The van der Waals surface area contributed by atoms with Crippen LogP contribution in [-0.4, -0.2) is 31.5 Å². The third-order valence-electron chi connectivity index (χ3n) is 5.14. The maximum absolute atomic E-state index is 12.9. The van der Waals surface area contributed by atoms with Gasteiger partial charge in [0, 0.05) is 11.1 Å². The zero-order chi connectivity index (χ0) is 21.8. The summed E-state index contributed by atoms with van der Waals surface area (Å²) in [7, 11) is 1.63. The van der Waals surface area contributed by atoms with Gasteiger partial charge in [-0.2, -0.15) is 0 Å². The topological polar surface area (TPSA) is 57.1 Å². The number of aliphatic imine (C=N–C) groups is 1. The zero-order valence-corrected chi connectivity index (χ0v) is 18.5. The molecule has 1 aliphatic rings. The molecule has 0 aliphatic carbocycles. The molecule has 0 amide bonds. The Morgan fingerprint density at radius 2 is 1.70 bits per heavy atom. The molecule has 0 N–H and O–H groups in total. The number of ether oxygens (including phenoxy) is 3. The Kier molecular flexibility index (Phi) is 6.60. The fourth-order valence-electron chi connectivity index (χ4n) is 3.84. The summed E-state index contributed by atoms with van der Waals surface area (Å²) < 4.78 is 17.0. The molecule has 1 atom stereocenters. The van der Waals surface area contributed by atoms with E-state index in [1.807, 2.05) is 45.0 Å². The molecule has 0 spiro atoms. The minimum atomic E-state index is -0.479. The molecule has 0 saturated carbocycles. The lowest BCUT2D eigenvalue weighted by molar-refractivity contribution is -0.138. The van der Waals surface area contributed by atoms with Gasteiger partial charge in [0.2, 0.25) is 0 Å². The van der Waals surface area contributed by atoms with E-state index in [0.717, 1.165) is 39.3 Å². The van der Waals surface area contributed by atoms with Crippen molar-refractivity contribution in [3.63, 3.8) is 0 Å². The highest BCUT2D eigenvalue weighted by Gasteiger charge is 2.32. The number of esters is 1.